The summed E-state index contributed by atoms with van der Waals surface area (Å²) >= 11 is 0. The molecule has 1 atom stereocenters. The highest BCUT2D eigenvalue weighted by molar-refractivity contribution is 5.27. The zero-order chi connectivity index (χ0) is 16.8. The molecule has 1 N–H and O–H groups in total. The molecule has 1 aromatic heterocycles. The number of rotatable bonds is 8. The third-order valence-corrected chi connectivity index (χ3v) is 4.21. The quantitative estimate of drug-likeness (QED) is 0.801. The van der Waals surface area contributed by atoms with E-state index in [4.69, 9.17) is 14.2 Å². The molecule has 0 saturated carbocycles. The van der Waals surface area contributed by atoms with Crippen molar-refractivity contribution in [1.82, 2.24) is 15.1 Å². The summed E-state index contributed by atoms with van der Waals surface area (Å²) in [6.07, 6.45) is 3.06. The first-order valence-electron chi connectivity index (χ1n) is 8.30. The predicted molar refractivity (Wildman–Crippen MR) is 91.2 cm³/mol. The zero-order valence-electron chi connectivity index (χ0n) is 14.3. The van der Waals surface area contributed by atoms with Crippen LogP contribution in [0, 0.1) is 0 Å². The molecule has 1 aliphatic heterocycles. The van der Waals surface area contributed by atoms with Crippen LogP contribution in [0.3, 0.4) is 0 Å². The average Bonchev–Trinajstić information content (AvgIpc) is 3.04. The summed E-state index contributed by atoms with van der Waals surface area (Å²) in [6.45, 7) is 3.74. The second kappa shape index (κ2) is 8.28. The number of methoxy groups -OCH3 is 2. The van der Waals surface area contributed by atoms with Gasteiger partial charge >= 0.3 is 0 Å². The Morgan fingerprint density at radius 3 is 2.88 bits per heavy atom. The van der Waals surface area contributed by atoms with Crippen LogP contribution in [-0.4, -0.2) is 43.8 Å². The van der Waals surface area contributed by atoms with Crippen LogP contribution in [0.5, 0.6) is 5.75 Å². The highest BCUT2D eigenvalue weighted by Crippen LogP contribution is 2.25. The van der Waals surface area contributed by atoms with E-state index in [-0.39, 0.29) is 6.10 Å². The molecule has 2 heterocycles. The first kappa shape index (κ1) is 17.0. The summed E-state index contributed by atoms with van der Waals surface area (Å²) < 4.78 is 18.2. The van der Waals surface area contributed by atoms with Crippen molar-refractivity contribution < 1.29 is 14.2 Å². The van der Waals surface area contributed by atoms with Crippen molar-refractivity contribution in [3.63, 3.8) is 0 Å². The van der Waals surface area contributed by atoms with E-state index in [2.05, 4.69) is 28.7 Å². The van der Waals surface area contributed by atoms with E-state index in [0.29, 0.717) is 6.61 Å². The van der Waals surface area contributed by atoms with E-state index >= 15 is 0 Å². The minimum atomic E-state index is 0.00999. The highest BCUT2D eigenvalue weighted by atomic mass is 16.5. The van der Waals surface area contributed by atoms with Gasteiger partial charge in [-0.1, -0.05) is 12.1 Å². The summed E-state index contributed by atoms with van der Waals surface area (Å²) in [7, 11) is 3.38. The van der Waals surface area contributed by atoms with Crippen molar-refractivity contribution in [2.24, 2.45) is 0 Å². The molecular weight excluding hydrogens is 306 g/mol. The standard InChI is InChI=1S/C18H25N3O3/c1-22-10-8-21-13-15-7-9-24-17(18(15)20-21)12-19-11-14-3-5-16(23-2)6-4-14/h3-6,13,17,19H,7-12H2,1-2H3/t17-/m1/s1. The SMILES string of the molecule is COCCn1cc2c(n1)[C@@H](CNCc1ccc(OC)cc1)OCC2. The fourth-order valence-corrected chi connectivity index (χ4v) is 2.88. The summed E-state index contributed by atoms with van der Waals surface area (Å²) in [4.78, 5) is 0. The number of nitrogens with one attached hydrogen (secondary N) is 1. The van der Waals surface area contributed by atoms with Gasteiger partial charge in [-0.2, -0.15) is 5.10 Å². The van der Waals surface area contributed by atoms with Gasteiger partial charge in [0.05, 0.1) is 32.6 Å². The lowest BCUT2D eigenvalue weighted by molar-refractivity contribution is 0.0392. The minimum Gasteiger partial charge on any atom is -0.497 e. The Hall–Kier alpha value is -1.89. The monoisotopic (exact) mass is 331 g/mol. The number of nitrogens with zero attached hydrogens (tertiary/aromatic N) is 2. The van der Waals surface area contributed by atoms with Crippen molar-refractivity contribution >= 4 is 0 Å². The molecule has 0 bridgehead atoms. The first-order chi connectivity index (χ1) is 11.8. The molecular formula is C18H25N3O3. The molecule has 6 heteroatoms. The summed E-state index contributed by atoms with van der Waals surface area (Å²) in [5.41, 5.74) is 3.56. The van der Waals surface area contributed by atoms with Gasteiger partial charge in [0.25, 0.3) is 0 Å². The van der Waals surface area contributed by atoms with Crippen molar-refractivity contribution in [3.8, 4) is 5.75 Å². The van der Waals surface area contributed by atoms with Gasteiger partial charge in [0.1, 0.15) is 11.9 Å². The van der Waals surface area contributed by atoms with Crippen molar-refractivity contribution in [2.45, 2.75) is 25.6 Å². The normalized spacial score (nSPS) is 16.8. The van der Waals surface area contributed by atoms with Crippen LogP contribution >= 0.6 is 0 Å². The van der Waals surface area contributed by atoms with Gasteiger partial charge in [0, 0.05) is 26.4 Å². The Balaban J connectivity index is 1.55. The van der Waals surface area contributed by atoms with Crippen LogP contribution in [0.15, 0.2) is 30.5 Å². The van der Waals surface area contributed by atoms with Crippen molar-refractivity contribution in [3.05, 3.63) is 47.3 Å². The lowest BCUT2D eigenvalue weighted by atomic mass is 10.1. The van der Waals surface area contributed by atoms with Gasteiger partial charge < -0.3 is 19.5 Å². The highest BCUT2D eigenvalue weighted by Gasteiger charge is 2.24. The fourth-order valence-electron chi connectivity index (χ4n) is 2.88. The Bertz CT molecular complexity index is 639. The summed E-state index contributed by atoms with van der Waals surface area (Å²) in [5.74, 6) is 0.876. The van der Waals surface area contributed by atoms with E-state index < -0.39 is 0 Å². The lowest BCUT2D eigenvalue weighted by Crippen LogP contribution is -2.27. The molecule has 0 radical (unpaired) electrons. The molecule has 0 fully saturated rings. The van der Waals surface area contributed by atoms with Crippen LogP contribution in [-0.2, 0) is 29.0 Å². The third kappa shape index (κ3) is 4.14. The average molecular weight is 331 g/mol. The fraction of sp³-hybridized carbons (Fsp3) is 0.500. The number of hydrogen-bond acceptors (Lipinski definition) is 5. The van der Waals surface area contributed by atoms with Gasteiger partial charge in [-0.05, 0) is 29.7 Å². The largest absolute Gasteiger partial charge is 0.497 e. The van der Waals surface area contributed by atoms with Gasteiger partial charge in [0.2, 0.25) is 0 Å². The second-order valence-electron chi connectivity index (χ2n) is 5.88. The molecule has 24 heavy (non-hydrogen) atoms. The van der Waals surface area contributed by atoms with Crippen molar-refractivity contribution in [1.29, 1.82) is 0 Å². The molecule has 6 nitrogen and oxygen atoms in total. The number of benzene rings is 1. The van der Waals surface area contributed by atoms with Crippen LogP contribution in [0.1, 0.15) is 22.9 Å². The minimum absolute atomic E-state index is 0.00999. The first-order valence-corrected chi connectivity index (χ1v) is 8.30. The Labute approximate surface area is 142 Å². The second-order valence-corrected chi connectivity index (χ2v) is 5.88. The molecule has 3 rings (SSSR count). The molecule has 1 aliphatic rings. The summed E-state index contributed by atoms with van der Waals surface area (Å²) in [5, 5.41) is 8.14. The molecule has 130 valence electrons. The number of aromatic nitrogens is 2. The molecule has 0 aliphatic carbocycles. The predicted octanol–water partition coefficient (Wildman–Crippen LogP) is 1.94. The maximum absolute atomic E-state index is 5.91. The Morgan fingerprint density at radius 1 is 1.29 bits per heavy atom. The summed E-state index contributed by atoms with van der Waals surface area (Å²) in [6, 6.07) is 8.09. The maximum Gasteiger partial charge on any atom is 0.118 e. The van der Waals surface area contributed by atoms with Gasteiger partial charge in [0.15, 0.2) is 0 Å². The maximum atomic E-state index is 5.91. The van der Waals surface area contributed by atoms with Gasteiger partial charge in [-0.25, -0.2) is 0 Å². The lowest BCUT2D eigenvalue weighted by Gasteiger charge is -2.22. The Kier molecular flexibility index (Phi) is 5.85. The molecule has 2 aromatic rings. The number of hydrogen-bond donors (Lipinski definition) is 1. The van der Waals surface area contributed by atoms with Crippen molar-refractivity contribution in [2.75, 3.05) is 34.0 Å². The number of ether oxygens (including phenoxy) is 3. The molecule has 1 aromatic carbocycles. The molecule has 0 saturated heterocycles. The van der Waals surface area contributed by atoms with E-state index in [1.807, 2.05) is 16.8 Å². The van der Waals surface area contributed by atoms with Crippen LogP contribution in [0.4, 0.5) is 0 Å². The zero-order valence-corrected chi connectivity index (χ0v) is 14.3. The Morgan fingerprint density at radius 2 is 2.12 bits per heavy atom. The smallest absolute Gasteiger partial charge is 0.118 e. The third-order valence-electron chi connectivity index (χ3n) is 4.21. The van der Waals surface area contributed by atoms with Crippen LogP contribution < -0.4 is 10.1 Å². The molecule has 0 spiro atoms. The van der Waals surface area contributed by atoms with Gasteiger partial charge in [-0.15, -0.1) is 0 Å². The van der Waals surface area contributed by atoms with Crippen LogP contribution in [0.25, 0.3) is 0 Å². The van der Waals surface area contributed by atoms with E-state index in [1.54, 1.807) is 14.2 Å². The number of fused-ring (bicyclic) bond motifs is 1. The molecule has 0 amide bonds. The molecule has 0 unspecified atom stereocenters. The van der Waals surface area contributed by atoms with E-state index in [1.165, 1.54) is 11.1 Å². The van der Waals surface area contributed by atoms with Crippen LogP contribution in [0.2, 0.25) is 0 Å². The topological polar surface area (TPSA) is 57.5 Å². The van der Waals surface area contributed by atoms with E-state index in [9.17, 15) is 0 Å². The van der Waals surface area contributed by atoms with E-state index in [0.717, 1.165) is 44.1 Å². The van der Waals surface area contributed by atoms with Gasteiger partial charge in [-0.3, -0.25) is 4.68 Å².